The summed E-state index contributed by atoms with van der Waals surface area (Å²) in [7, 11) is 0. The highest BCUT2D eigenvalue weighted by Crippen LogP contribution is 2.09. The van der Waals surface area contributed by atoms with E-state index in [0.29, 0.717) is 6.42 Å². The zero-order valence-electron chi connectivity index (χ0n) is 7.94. The van der Waals surface area contributed by atoms with E-state index >= 15 is 0 Å². The number of aliphatic carboxylic acids is 1. The lowest BCUT2D eigenvalue weighted by atomic mass is 10.0. The van der Waals surface area contributed by atoms with Crippen molar-refractivity contribution in [2.24, 2.45) is 5.92 Å². The molecule has 0 saturated heterocycles. The van der Waals surface area contributed by atoms with Gasteiger partial charge < -0.3 is 9.84 Å². The number of carboxylic acid groups (broad SMARTS) is 1. The monoisotopic (exact) mass is 198 g/mol. The molecule has 0 fully saturated rings. The number of esters is 1. The van der Waals surface area contributed by atoms with Gasteiger partial charge >= 0.3 is 11.9 Å². The van der Waals surface area contributed by atoms with Crippen LogP contribution < -0.4 is 0 Å². The molecular formula is C10H14O4. The first-order chi connectivity index (χ1) is 6.63. The average Bonchev–Trinajstić information content (AvgIpc) is 2.14. The number of hydrogen-bond acceptors (Lipinski definition) is 3. The average molecular weight is 198 g/mol. The SMILES string of the molecule is C=CCCC(C(=O)O)C(=O)OCC=C. The van der Waals surface area contributed by atoms with E-state index in [1.54, 1.807) is 6.08 Å². The van der Waals surface area contributed by atoms with Gasteiger partial charge in [-0.3, -0.25) is 9.59 Å². The third kappa shape index (κ3) is 4.45. The lowest BCUT2D eigenvalue weighted by Crippen LogP contribution is -2.25. The summed E-state index contributed by atoms with van der Waals surface area (Å²) in [6, 6.07) is 0. The summed E-state index contributed by atoms with van der Waals surface area (Å²) in [4.78, 5) is 21.8. The molecule has 0 aromatic carbocycles. The maximum absolute atomic E-state index is 11.2. The highest BCUT2D eigenvalue weighted by Gasteiger charge is 2.26. The van der Waals surface area contributed by atoms with E-state index in [2.05, 4.69) is 17.9 Å². The van der Waals surface area contributed by atoms with Crippen LogP contribution in [0.4, 0.5) is 0 Å². The Morgan fingerprint density at radius 1 is 1.36 bits per heavy atom. The van der Waals surface area contributed by atoms with E-state index in [1.165, 1.54) is 6.08 Å². The Kier molecular flexibility index (Phi) is 6.11. The molecule has 0 aliphatic rings. The van der Waals surface area contributed by atoms with Gasteiger partial charge in [-0.1, -0.05) is 18.7 Å². The summed E-state index contributed by atoms with van der Waals surface area (Å²) in [6.07, 6.45) is 3.65. The third-order valence-electron chi connectivity index (χ3n) is 1.59. The van der Waals surface area contributed by atoms with E-state index in [0.717, 1.165) is 0 Å². The van der Waals surface area contributed by atoms with Gasteiger partial charge in [-0.25, -0.2) is 0 Å². The van der Waals surface area contributed by atoms with Crippen molar-refractivity contribution >= 4 is 11.9 Å². The van der Waals surface area contributed by atoms with Crippen molar-refractivity contribution in [3.05, 3.63) is 25.3 Å². The Morgan fingerprint density at radius 3 is 2.43 bits per heavy atom. The van der Waals surface area contributed by atoms with Crippen LogP contribution in [0.25, 0.3) is 0 Å². The van der Waals surface area contributed by atoms with Gasteiger partial charge in [-0.05, 0) is 12.8 Å². The summed E-state index contributed by atoms with van der Waals surface area (Å²) in [5.41, 5.74) is 0. The normalized spacial score (nSPS) is 11.4. The highest BCUT2D eigenvalue weighted by molar-refractivity contribution is 5.93. The predicted molar refractivity (Wildman–Crippen MR) is 51.7 cm³/mol. The molecule has 0 spiro atoms. The summed E-state index contributed by atoms with van der Waals surface area (Å²) in [6.45, 7) is 6.85. The third-order valence-corrected chi connectivity index (χ3v) is 1.59. The minimum absolute atomic E-state index is 0.0384. The van der Waals surface area contributed by atoms with Crippen LogP contribution in [0.15, 0.2) is 25.3 Å². The van der Waals surface area contributed by atoms with Crippen molar-refractivity contribution in [3.8, 4) is 0 Å². The molecule has 4 heteroatoms. The summed E-state index contributed by atoms with van der Waals surface area (Å²) >= 11 is 0. The van der Waals surface area contributed by atoms with E-state index in [4.69, 9.17) is 5.11 Å². The Labute approximate surface area is 82.9 Å². The largest absolute Gasteiger partial charge is 0.481 e. The molecule has 1 N–H and O–H groups in total. The van der Waals surface area contributed by atoms with Crippen LogP contribution in [0.3, 0.4) is 0 Å². The van der Waals surface area contributed by atoms with Gasteiger partial charge in [0.15, 0.2) is 5.92 Å². The Hall–Kier alpha value is -1.58. The molecule has 1 unspecified atom stereocenters. The van der Waals surface area contributed by atoms with Crippen molar-refractivity contribution in [2.75, 3.05) is 6.61 Å². The van der Waals surface area contributed by atoms with Crippen LogP contribution >= 0.6 is 0 Å². The minimum atomic E-state index is -1.17. The van der Waals surface area contributed by atoms with E-state index in [1.807, 2.05) is 0 Å². The fraction of sp³-hybridized carbons (Fsp3) is 0.400. The second-order valence-corrected chi connectivity index (χ2v) is 2.68. The zero-order valence-corrected chi connectivity index (χ0v) is 7.94. The smallest absolute Gasteiger partial charge is 0.320 e. The van der Waals surface area contributed by atoms with Crippen molar-refractivity contribution in [3.63, 3.8) is 0 Å². The molecule has 0 aromatic heterocycles. The van der Waals surface area contributed by atoms with Gasteiger partial charge in [0.1, 0.15) is 6.61 Å². The van der Waals surface area contributed by atoms with Gasteiger partial charge in [0, 0.05) is 0 Å². The molecule has 0 bridgehead atoms. The topological polar surface area (TPSA) is 63.6 Å². The van der Waals surface area contributed by atoms with Gasteiger partial charge in [-0.2, -0.15) is 0 Å². The fourth-order valence-electron chi connectivity index (χ4n) is 0.868. The minimum Gasteiger partial charge on any atom is -0.481 e. The number of hydrogen-bond donors (Lipinski definition) is 1. The predicted octanol–water partition coefficient (Wildman–Crippen LogP) is 1.38. The quantitative estimate of drug-likeness (QED) is 0.381. The maximum Gasteiger partial charge on any atom is 0.320 e. The first kappa shape index (κ1) is 12.4. The molecule has 4 nitrogen and oxygen atoms in total. The molecule has 0 saturated carbocycles. The van der Waals surface area contributed by atoms with E-state index < -0.39 is 17.9 Å². The number of carbonyl (C=O) groups excluding carboxylic acids is 1. The summed E-state index contributed by atoms with van der Waals surface area (Å²) in [5.74, 6) is -2.99. The number of carbonyl (C=O) groups is 2. The van der Waals surface area contributed by atoms with Crippen molar-refractivity contribution < 1.29 is 19.4 Å². The van der Waals surface area contributed by atoms with Crippen molar-refractivity contribution in [2.45, 2.75) is 12.8 Å². The molecule has 0 aromatic rings. The number of carboxylic acids is 1. The van der Waals surface area contributed by atoms with Crippen molar-refractivity contribution in [1.29, 1.82) is 0 Å². The van der Waals surface area contributed by atoms with Gasteiger partial charge in [0.25, 0.3) is 0 Å². The van der Waals surface area contributed by atoms with E-state index in [-0.39, 0.29) is 13.0 Å². The Morgan fingerprint density at radius 2 is 2.00 bits per heavy atom. The maximum atomic E-state index is 11.2. The highest BCUT2D eigenvalue weighted by atomic mass is 16.5. The molecule has 14 heavy (non-hydrogen) atoms. The van der Waals surface area contributed by atoms with Gasteiger partial charge in [0.2, 0.25) is 0 Å². The van der Waals surface area contributed by atoms with Crippen LogP contribution in [-0.4, -0.2) is 23.7 Å². The van der Waals surface area contributed by atoms with Crippen LogP contribution in [0.1, 0.15) is 12.8 Å². The first-order valence-corrected chi connectivity index (χ1v) is 4.24. The summed E-state index contributed by atoms with van der Waals surface area (Å²) in [5, 5.41) is 8.71. The Balaban J connectivity index is 4.17. The van der Waals surface area contributed by atoms with Crippen LogP contribution in [-0.2, 0) is 14.3 Å². The van der Waals surface area contributed by atoms with Crippen LogP contribution in [0.5, 0.6) is 0 Å². The zero-order chi connectivity index (χ0) is 11.0. The molecular weight excluding hydrogens is 184 g/mol. The fourth-order valence-corrected chi connectivity index (χ4v) is 0.868. The van der Waals surface area contributed by atoms with Crippen LogP contribution in [0, 0.1) is 5.92 Å². The number of rotatable bonds is 7. The second kappa shape index (κ2) is 6.88. The number of allylic oxidation sites excluding steroid dienone is 1. The van der Waals surface area contributed by atoms with Gasteiger partial charge in [0.05, 0.1) is 0 Å². The molecule has 0 aliphatic carbocycles. The van der Waals surface area contributed by atoms with Gasteiger partial charge in [-0.15, -0.1) is 6.58 Å². The molecule has 0 amide bonds. The lowest BCUT2D eigenvalue weighted by Gasteiger charge is -2.09. The Bertz CT molecular complexity index is 232. The molecule has 78 valence electrons. The molecule has 0 aliphatic heterocycles. The molecule has 0 radical (unpaired) electrons. The van der Waals surface area contributed by atoms with Crippen molar-refractivity contribution in [1.82, 2.24) is 0 Å². The first-order valence-electron chi connectivity index (χ1n) is 4.24. The van der Waals surface area contributed by atoms with Crippen LogP contribution in [0.2, 0.25) is 0 Å². The lowest BCUT2D eigenvalue weighted by molar-refractivity contribution is -0.158. The molecule has 0 heterocycles. The van der Waals surface area contributed by atoms with E-state index in [9.17, 15) is 9.59 Å². The standard InChI is InChI=1S/C10H14O4/c1-3-5-6-8(9(11)12)10(13)14-7-4-2/h3-4,8H,1-2,5-7H2,(H,11,12). The summed E-state index contributed by atoms with van der Waals surface area (Å²) < 4.78 is 4.64. The molecule has 0 rings (SSSR count). The second-order valence-electron chi connectivity index (χ2n) is 2.68. The molecule has 1 atom stereocenters. The number of ether oxygens (including phenoxy) is 1.